The summed E-state index contributed by atoms with van der Waals surface area (Å²) in [5.41, 5.74) is 0.243. The molecule has 2 rings (SSSR count). The Balaban J connectivity index is 0.00000242. The minimum absolute atomic E-state index is 0. The van der Waals surface area contributed by atoms with Crippen molar-refractivity contribution in [1.29, 1.82) is 0 Å². The fraction of sp³-hybridized carbons (Fsp3) is 0.533. The number of amides is 1. The van der Waals surface area contributed by atoms with Crippen molar-refractivity contribution in [3.63, 3.8) is 0 Å². The highest BCUT2D eigenvalue weighted by Crippen LogP contribution is 2.11. The molecular formula is C15H22ClF2N3O. The van der Waals surface area contributed by atoms with Crippen LogP contribution in [0, 0.1) is 11.6 Å². The number of halogens is 3. The maximum Gasteiger partial charge on any atom is 0.220 e. The van der Waals surface area contributed by atoms with Crippen LogP contribution in [0.3, 0.4) is 0 Å². The van der Waals surface area contributed by atoms with Gasteiger partial charge >= 0.3 is 0 Å². The molecule has 0 unspecified atom stereocenters. The van der Waals surface area contributed by atoms with Gasteiger partial charge in [-0.1, -0.05) is 0 Å². The molecule has 0 aromatic heterocycles. The summed E-state index contributed by atoms with van der Waals surface area (Å²) < 4.78 is 26.4. The lowest BCUT2D eigenvalue weighted by atomic mass is 10.1. The van der Waals surface area contributed by atoms with Gasteiger partial charge in [-0.2, -0.15) is 0 Å². The molecule has 1 aliphatic rings. The SMILES string of the molecule is Cl.O=C(CCc1cc(F)ccc1F)NCCN1CCNCC1. The zero-order valence-electron chi connectivity index (χ0n) is 12.4. The second-order valence-electron chi connectivity index (χ2n) is 5.18. The first kappa shape index (κ1) is 18.8. The summed E-state index contributed by atoms with van der Waals surface area (Å²) in [6, 6.07) is 3.31. The first-order valence-electron chi connectivity index (χ1n) is 7.29. The Labute approximate surface area is 135 Å². The zero-order valence-corrected chi connectivity index (χ0v) is 13.2. The lowest BCUT2D eigenvalue weighted by Gasteiger charge is -2.27. The van der Waals surface area contributed by atoms with Crippen molar-refractivity contribution in [1.82, 2.24) is 15.5 Å². The maximum absolute atomic E-state index is 13.4. The minimum atomic E-state index is -0.481. The van der Waals surface area contributed by atoms with E-state index in [1.807, 2.05) is 0 Å². The molecule has 4 nitrogen and oxygen atoms in total. The van der Waals surface area contributed by atoms with Crippen LogP contribution in [-0.4, -0.2) is 50.1 Å². The highest BCUT2D eigenvalue weighted by molar-refractivity contribution is 5.85. The number of rotatable bonds is 6. The molecule has 124 valence electrons. The third-order valence-electron chi connectivity index (χ3n) is 3.59. The molecular weight excluding hydrogens is 312 g/mol. The molecule has 1 fully saturated rings. The van der Waals surface area contributed by atoms with Crippen molar-refractivity contribution in [2.75, 3.05) is 39.3 Å². The topological polar surface area (TPSA) is 44.4 Å². The molecule has 1 heterocycles. The second-order valence-corrected chi connectivity index (χ2v) is 5.18. The molecule has 0 aliphatic carbocycles. The molecule has 1 saturated heterocycles. The van der Waals surface area contributed by atoms with Crippen molar-refractivity contribution in [3.05, 3.63) is 35.4 Å². The summed E-state index contributed by atoms with van der Waals surface area (Å²) in [4.78, 5) is 14.0. The first-order chi connectivity index (χ1) is 10.1. The third-order valence-corrected chi connectivity index (χ3v) is 3.59. The van der Waals surface area contributed by atoms with Crippen LogP contribution in [0.5, 0.6) is 0 Å². The molecule has 0 spiro atoms. The summed E-state index contributed by atoms with van der Waals surface area (Å²) in [6.07, 6.45) is 0.380. The zero-order chi connectivity index (χ0) is 15.1. The number of piperazine rings is 1. The number of carbonyl (C=O) groups is 1. The van der Waals surface area contributed by atoms with Crippen molar-refractivity contribution >= 4 is 18.3 Å². The Bertz CT molecular complexity index is 482. The average molecular weight is 334 g/mol. The van der Waals surface area contributed by atoms with E-state index in [1.165, 1.54) is 0 Å². The quantitative estimate of drug-likeness (QED) is 0.826. The normalized spacial score (nSPS) is 15.2. The van der Waals surface area contributed by atoms with Gasteiger partial charge in [-0.3, -0.25) is 9.69 Å². The fourth-order valence-electron chi connectivity index (χ4n) is 2.36. The van der Waals surface area contributed by atoms with E-state index in [4.69, 9.17) is 0 Å². The molecule has 1 aliphatic heterocycles. The number of nitrogens with zero attached hydrogens (tertiary/aromatic N) is 1. The van der Waals surface area contributed by atoms with Crippen LogP contribution in [-0.2, 0) is 11.2 Å². The van der Waals surface area contributed by atoms with Gasteiger partial charge in [0.1, 0.15) is 11.6 Å². The van der Waals surface area contributed by atoms with Gasteiger partial charge in [-0.15, -0.1) is 12.4 Å². The molecule has 22 heavy (non-hydrogen) atoms. The summed E-state index contributed by atoms with van der Waals surface area (Å²) >= 11 is 0. The van der Waals surface area contributed by atoms with E-state index in [-0.39, 0.29) is 36.7 Å². The Hall–Kier alpha value is -1.24. The Morgan fingerprint density at radius 1 is 1.27 bits per heavy atom. The van der Waals surface area contributed by atoms with Gasteiger partial charge in [0.2, 0.25) is 5.91 Å². The highest BCUT2D eigenvalue weighted by Gasteiger charge is 2.10. The molecule has 7 heteroatoms. The Morgan fingerprint density at radius 2 is 2.00 bits per heavy atom. The lowest BCUT2D eigenvalue weighted by Crippen LogP contribution is -2.46. The predicted octanol–water partition coefficient (Wildman–Crippen LogP) is 1.34. The number of nitrogens with one attached hydrogen (secondary N) is 2. The number of aryl methyl sites for hydroxylation is 1. The molecule has 1 aromatic carbocycles. The second kappa shape index (κ2) is 9.71. The van der Waals surface area contributed by atoms with Gasteiger partial charge in [-0.05, 0) is 30.2 Å². The fourth-order valence-corrected chi connectivity index (χ4v) is 2.36. The summed E-state index contributed by atoms with van der Waals surface area (Å²) in [6.45, 7) is 5.35. The Kier molecular flexibility index (Phi) is 8.30. The van der Waals surface area contributed by atoms with Crippen molar-refractivity contribution < 1.29 is 13.6 Å². The van der Waals surface area contributed by atoms with Gasteiger partial charge in [0, 0.05) is 45.7 Å². The number of carbonyl (C=O) groups excluding carboxylic acids is 1. The average Bonchev–Trinajstić information content (AvgIpc) is 2.49. The van der Waals surface area contributed by atoms with E-state index < -0.39 is 11.6 Å². The molecule has 0 radical (unpaired) electrons. The van der Waals surface area contributed by atoms with Crippen LogP contribution in [0.2, 0.25) is 0 Å². The van der Waals surface area contributed by atoms with Crippen LogP contribution < -0.4 is 10.6 Å². The number of hydrogen-bond donors (Lipinski definition) is 2. The van der Waals surface area contributed by atoms with Crippen LogP contribution in [0.25, 0.3) is 0 Å². The van der Waals surface area contributed by atoms with Crippen molar-refractivity contribution in [2.24, 2.45) is 0 Å². The van der Waals surface area contributed by atoms with Gasteiger partial charge in [0.15, 0.2) is 0 Å². The summed E-state index contributed by atoms with van der Waals surface area (Å²) in [7, 11) is 0. The standard InChI is InChI=1S/C15H21F2N3O.ClH/c16-13-2-3-14(17)12(11-13)1-4-15(21)19-7-10-20-8-5-18-6-9-20;/h2-3,11,18H,1,4-10H2,(H,19,21);1H. The minimum Gasteiger partial charge on any atom is -0.355 e. The maximum atomic E-state index is 13.4. The van der Waals surface area contributed by atoms with Gasteiger partial charge in [0.05, 0.1) is 0 Å². The van der Waals surface area contributed by atoms with E-state index in [0.29, 0.717) is 6.54 Å². The van der Waals surface area contributed by atoms with Crippen LogP contribution in [0.15, 0.2) is 18.2 Å². The van der Waals surface area contributed by atoms with Gasteiger partial charge in [0.25, 0.3) is 0 Å². The molecule has 1 aromatic rings. The van der Waals surface area contributed by atoms with E-state index in [0.717, 1.165) is 50.9 Å². The molecule has 1 amide bonds. The van der Waals surface area contributed by atoms with Crippen LogP contribution in [0.1, 0.15) is 12.0 Å². The van der Waals surface area contributed by atoms with Crippen LogP contribution in [0.4, 0.5) is 8.78 Å². The lowest BCUT2D eigenvalue weighted by molar-refractivity contribution is -0.121. The number of benzene rings is 1. The summed E-state index contributed by atoms with van der Waals surface area (Å²) in [5, 5.41) is 6.08. The molecule has 0 atom stereocenters. The van der Waals surface area contributed by atoms with Crippen LogP contribution >= 0.6 is 12.4 Å². The molecule has 0 saturated carbocycles. The number of hydrogen-bond acceptors (Lipinski definition) is 3. The monoisotopic (exact) mass is 333 g/mol. The highest BCUT2D eigenvalue weighted by atomic mass is 35.5. The smallest absolute Gasteiger partial charge is 0.220 e. The predicted molar refractivity (Wildman–Crippen MR) is 84.2 cm³/mol. The molecule has 0 bridgehead atoms. The van der Waals surface area contributed by atoms with Gasteiger partial charge < -0.3 is 10.6 Å². The van der Waals surface area contributed by atoms with Gasteiger partial charge in [-0.25, -0.2) is 8.78 Å². The van der Waals surface area contributed by atoms with Crippen molar-refractivity contribution in [2.45, 2.75) is 12.8 Å². The van der Waals surface area contributed by atoms with E-state index in [1.54, 1.807) is 0 Å². The first-order valence-corrected chi connectivity index (χ1v) is 7.29. The Morgan fingerprint density at radius 3 is 2.73 bits per heavy atom. The van der Waals surface area contributed by atoms with Crippen molar-refractivity contribution in [3.8, 4) is 0 Å². The molecule has 2 N–H and O–H groups in total. The third kappa shape index (κ3) is 6.25. The largest absolute Gasteiger partial charge is 0.355 e. The van der Waals surface area contributed by atoms with E-state index in [9.17, 15) is 13.6 Å². The summed E-state index contributed by atoms with van der Waals surface area (Å²) in [5.74, 6) is -1.08. The van der Waals surface area contributed by atoms with E-state index >= 15 is 0 Å². The van der Waals surface area contributed by atoms with E-state index in [2.05, 4.69) is 15.5 Å².